The maximum absolute atomic E-state index is 12.9. The van der Waals surface area contributed by atoms with Crippen molar-refractivity contribution >= 4 is 18.6 Å². The number of rotatable bonds is 1. The highest BCUT2D eigenvalue weighted by molar-refractivity contribution is 7.80. The average molecular weight is 226 g/mol. The first-order valence-corrected chi connectivity index (χ1v) is 3.60. The third-order valence-electron chi connectivity index (χ3n) is 1.45. The summed E-state index contributed by atoms with van der Waals surface area (Å²) < 4.78 is 50.7. The monoisotopic (exact) mass is 226 g/mol. The highest BCUT2D eigenvalue weighted by atomic mass is 32.1. The minimum Gasteiger partial charge on any atom is -0.477 e. The molecule has 0 heterocycles. The molecule has 76 valence electrons. The lowest BCUT2D eigenvalue weighted by Crippen LogP contribution is -2.10. The van der Waals surface area contributed by atoms with Gasteiger partial charge in [-0.2, -0.15) is 0 Å². The van der Waals surface area contributed by atoms with Crippen molar-refractivity contribution in [3.63, 3.8) is 0 Å². The second-order valence-corrected chi connectivity index (χ2v) is 2.73. The van der Waals surface area contributed by atoms with E-state index in [1.165, 1.54) is 0 Å². The lowest BCUT2D eigenvalue weighted by atomic mass is 10.2. The van der Waals surface area contributed by atoms with Crippen molar-refractivity contribution in [2.75, 3.05) is 0 Å². The molecule has 0 aliphatic carbocycles. The lowest BCUT2D eigenvalue weighted by Gasteiger charge is -2.04. The van der Waals surface area contributed by atoms with Crippen molar-refractivity contribution in [2.45, 2.75) is 4.90 Å². The Bertz CT molecular complexity index is 390. The van der Waals surface area contributed by atoms with Gasteiger partial charge in [0.05, 0.1) is 4.90 Å². The van der Waals surface area contributed by atoms with E-state index in [1.54, 1.807) is 0 Å². The fourth-order valence-corrected chi connectivity index (χ4v) is 1.02. The Balaban J connectivity index is 3.68. The maximum atomic E-state index is 12.9. The molecule has 1 aromatic rings. The topological polar surface area (TPSA) is 37.3 Å². The third kappa shape index (κ3) is 1.43. The molecule has 0 unspecified atom stereocenters. The number of carboxylic acid groups (broad SMARTS) is 1. The predicted molar refractivity (Wildman–Crippen MR) is 40.5 cm³/mol. The Hall–Kier alpha value is -1.24. The van der Waals surface area contributed by atoms with E-state index in [0.717, 1.165) is 0 Å². The van der Waals surface area contributed by atoms with E-state index >= 15 is 0 Å². The molecule has 0 aromatic heterocycles. The van der Waals surface area contributed by atoms with Crippen LogP contribution in [0.25, 0.3) is 0 Å². The number of hydrogen-bond acceptors (Lipinski definition) is 2. The SMILES string of the molecule is O=C(O)c1c(F)c(F)c(F)c(S)c1F. The molecule has 0 saturated heterocycles. The van der Waals surface area contributed by atoms with Crippen molar-refractivity contribution in [2.24, 2.45) is 0 Å². The summed E-state index contributed by atoms with van der Waals surface area (Å²) in [6.07, 6.45) is 0. The molecule has 1 aromatic carbocycles. The highest BCUT2D eigenvalue weighted by Gasteiger charge is 2.27. The summed E-state index contributed by atoms with van der Waals surface area (Å²) in [7, 11) is 0. The fraction of sp³-hybridized carbons (Fsp3) is 0. The van der Waals surface area contributed by atoms with Crippen LogP contribution in [0.1, 0.15) is 10.4 Å². The molecule has 0 radical (unpaired) electrons. The van der Waals surface area contributed by atoms with E-state index in [9.17, 15) is 22.4 Å². The van der Waals surface area contributed by atoms with Gasteiger partial charge in [-0.25, -0.2) is 22.4 Å². The fourth-order valence-electron chi connectivity index (χ4n) is 0.809. The minimum absolute atomic E-state index is 1.17. The number of carboxylic acids is 1. The standard InChI is InChI=1S/C7H2F4O2S/c8-2-1(7(12)13)3(9)6(14)5(11)4(2)10/h14H,(H,12,13). The van der Waals surface area contributed by atoms with Gasteiger partial charge in [0.2, 0.25) is 0 Å². The first kappa shape index (κ1) is 10.8. The van der Waals surface area contributed by atoms with Gasteiger partial charge in [0.15, 0.2) is 23.3 Å². The molecule has 1 N–H and O–H groups in total. The quantitative estimate of drug-likeness (QED) is 0.333. The van der Waals surface area contributed by atoms with Crippen molar-refractivity contribution in [3.8, 4) is 0 Å². The summed E-state index contributed by atoms with van der Waals surface area (Å²) in [5.74, 6) is -9.76. The van der Waals surface area contributed by atoms with Gasteiger partial charge in [0.25, 0.3) is 0 Å². The Morgan fingerprint density at radius 2 is 1.50 bits per heavy atom. The van der Waals surface area contributed by atoms with E-state index < -0.39 is 39.7 Å². The molecule has 2 nitrogen and oxygen atoms in total. The number of benzene rings is 1. The first-order chi connectivity index (χ1) is 6.37. The zero-order chi connectivity index (χ0) is 11.0. The number of carbonyl (C=O) groups is 1. The Kier molecular flexibility index (Phi) is 2.70. The summed E-state index contributed by atoms with van der Waals surface area (Å²) in [5.41, 5.74) is -1.56. The molecule has 14 heavy (non-hydrogen) atoms. The molecular weight excluding hydrogens is 224 g/mol. The van der Waals surface area contributed by atoms with Gasteiger partial charge in [0, 0.05) is 0 Å². The van der Waals surface area contributed by atoms with Crippen LogP contribution in [0.15, 0.2) is 4.90 Å². The molecular formula is C7H2F4O2S. The molecule has 0 aliphatic rings. The van der Waals surface area contributed by atoms with Crippen LogP contribution in [-0.4, -0.2) is 11.1 Å². The van der Waals surface area contributed by atoms with Crippen LogP contribution in [0.5, 0.6) is 0 Å². The van der Waals surface area contributed by atoms with Crippen molar-refractivity contribution < 1.29 is 27.5 Å². The van der Waals surface area contributed by atoms with Gasteiger partial charge in [-0.15, -0.1) is 12.6 Å². The lowest BCUT2D eigenvalue weighted by molar-refractivity contribution is 0.0683. The summed E-state index contributed by atoms with van der Waals surface area (Å²) in [6.45, 7) is 0. The van der Waals surface area contributed by atoms with Crippen LogP contribution in [0.3, 0.4) is 0 Å². The number of thiol groups is 1. The predicted octanol–water partition coefficient (Wildman–Crippen LogP) is 2.23. The van der Waals surface area contributed by atoms with Gasteiger partial charge >= 0.3 is 5.97 Å². The number of aromatic carboxylic acids is 1. The normalized spacial score (nSPS) is 10.4. The van der Waals surface area contributed by atoms with Crippen LogP contribution in [-0.2, 0) is 0 Å². The Labute approximate surface area is 80.6 Å². The maximum Gasteiger partial charge on any atom is 0.341 e. The second-order valence-electron chi connectivity index (χ2n) is 2.28. The third-order valence-corrected chi connectivity index (χ3v) is 1.85. The van der Waals surface area contributed by atoms with Crippen molar-refractivity contribution in [3.05, 3.63) is 28.8 Å². The number of hydrogen-bond donors (Lipinski definition) is 2. The minimum atomic E-state index is -2.08. The molecule has 0 fully saturated rings. The van der Waals surface area contributed by atoms with Crippen LogP contribution in [0.2, 0.25) is 0 Å². The van der Waals surface area contributed by atoms with E-state index in [0.29, 0.717) is 0 Å². The van der Waals surface area contributed by atoms with Crippen LogP contribution < -0.4 is 0 Å². The van der Waals surface area contributed by atoms with Gasteiger partial charge in [0.1, 0.15) is 5.56 Å². The zero-order valence-corrected chi connectivity index (χ0v) is 7.21. The van der Waals surface area contributed by atoms with E-state index in [1.807, 2.05) is 0 Å². The van der Waals surface area contributed by atoms with Gasteiger partial charge < -0.3 is 5.11 Å². The summed E-state index contributed by atoms with van der Waals surface area (Å²) >= 11 is 3.17. The molecule has 0 amide bonds. The van der Waals surface area contributed by atoms with Crippen LogP contribution in [0.4, 0.5) is 17.6 Å². The highest BCUT2D eigenvalue weighted by Crippen LogP contribution is 2.26. The summed E-state index contributed by atoms with van der Waals surface area (Å²) in [4.78, 5) is 9.09. The molecule has 0 saturated carbocycles. The Morgan fingerprint density at radius 3 is 1.93 bits per heavy atom. The first-order valence-electron chi connectivity index (χ1n) is 3.16. The van der Waals surface area contributed by atoms with Gasteiger partial charge in [-0.3, -0.25) is 0 Å². The molecule has 7 heteroatoms. The van der Waals surface area contributed by atoms with Gasteiger partial charge in [-0.1, -0.05) is 0 Å². The van der Waals surface area contributed by atoms with Crippen LogP contribution in [0, 0.1) is 23.3 Å². The van der Waals surface area contributed by atoms with Crippen molar-refractivity contribution in [1.29, 1.82) is 0 Å². The molecule has 0 atom stereocenters. The number of halogens is 4. The van der Waals surface area contributed by atoms with E-state index in [4.69, 9.17) is 5.11 Å². The smallest absolute Gasteiger partial charge is 0.341 e. The molecule has 1 rings (SSSR count). The summed E-state index contributed by atoms with van der Waals surface area (Å²) in [6, 6.07) is 0. The second kappa shape index (κ2) is 3.49. The Morgan fingerprint density at radius 1 is 1.00 bits per heavy atom. The molecule has 0 bridgehead atoms. The largest absolute Gasteiger partial charge is 0.477 e. The average Bonchev–Trinajstić information content (AvgIpc) is 2.11. The van der Waals surface area contributed by atoms with E-state index in [2.05, 4.69) is 12.6 Å². The molecule has 0 spiro atoms. The molecule has 0 aliphatic heterocycles. The van der Waals surface area contributed by atoms with Crippen molar-refractivity contribution in [1.82, 2.24) is 0 Å². The van der Waals surface area contributed by atoms with Crippen LogP contribution >= 0.6 is 12.6 Å². The zero-order valence-electron chi connectivity index (χ0n) is 6.31. The van der Waals surface area contributed by atoms with Gasteiger partial charge in [-0.05, 0) is 0 Å². The van der Waals surface area contributed by atoms with E-state index in [-0.39, 0.29) is 0 Å². The summed E-state index contributed by atoms with van der Waals surface area (Å²) in [5, 5.41) is 8.28.